The molecule has 2 fully saturated rings. The summed E-state index contributed by atoms with van der Waals surface area (Å²) >= 11 is 1.49. The minimum Gasteiger partial charge on any atom is -0.372 e. The van der Waals surface area contributed by atoms with Crippen LogP contribution in [0.25, 0.3) is 0 Å². The van der Waals surface area contributed by atoms with E-state index in [-0.39, 0.29) is 4.90 Å². The Morgan fingerprint density at radius 1 is 0.967 bits per heavy atom. The van der Waals surface area contributed by atoms with E-state index in [0.29, 0.717) is 0 Å². The maximum Gasteiger partial charge on any atom is 0.238 e. The maximum absolute atomic E-state index is 11.4. The minimum absolute atomic E-state index is 0.168. The van der Waals surface area contributed by atoms with E-state index in [0.717, 1.165) is 54.8 Å². The fourth-order valence-corrected chi connectivity index (χ4v) is 5.86. The van der Waals surface area contributed by atoms with Crippen LogP contribution in [0.5, 0.6) is 0 Å². The van der Waals surface area contributed by atoms with Gasteiger partial charge in [0.05, 0.1) is 4.90 Å². The van der Waals surface area contributed by atoms with Crippen LogP contribution >= 0.6 is 11.5 Å². The van der Waals surface area contributed by atoms with Crippen LogP contribution in [0.3, 0.4) is 0 Å². The van der Waals surface area contributed by atoms with Crippen molar-refractivity contribution in [2.24, 2.45) is 17.0 Å². The molecule has 30 heavy (non-hydrogen) atoms. The van der Waals surface area contributed by atoms with Crippen LogP contribution in [0, 0.1) is 11.8 Å². The summed E-state index contributed by atoms with van der Waals surface area (Å²) in [5.41, 5.74) is 1.07. The summed E-state index contributed by atoms with van der Waals surface area (Å²) in [5, 5.41) is 6.23. The lowest BCUT2D eigenvalue weighted by Gasteiger charge is -2.40. The molecular formula is C20H30N6O2S2. The molecule has 1 aromatic carbocycles. The Morgan fingerprint density at radius 2 is 1.50 bits per heavy atom. The van der Waals surface area contributed by atoms with Crippen molar-refractivity contribution < 1.29 is 8.42 Å². The van der Waals surface area contributed by atoms with Crippen LogP contribution < -0.4 is 19.8 Å². The fourth-order valence-electron chi connectivity index (χ4n) is 4.56. The average Bonchev–Trinajstić information content (AvgIpc) is 3.24. The van der Waals surface area contributed by atoms with E-state index in [1.807, 2.05) is 31.1 Å². The highest BCUT2D eigenvalue weighted by atomic mass is 32.2. The number of anilines is 3. The second kappa shape index (κ2) is 8.68. The van der Waals surface area contributed by atoms with Gasteiger partial charge in [-0.25, -0.2) is 13.6 Å². The zero-order chi connectivity index (χ0) is 21.3. The average molecular weight is 451 g/mol. The molecule has 2 N–H and O–H groups in total. The zero-order valence-electron chi connectivity index (χ0n) is 17.6. The van der Waals surface area contributed by atoms with E-state index < -0.39 is 10.0 Å². The van der Waals surface area contributed by atoms with Gasteiger partial charge in [0.1, 0.15) is 0 Å². The van der Waals surface area contributed by atoms with Gasteiger partial charge in [0.15, 0.2) is 0 Å². The summed E-state index contributed by atoms with van der Waals surface area (Å²) in [6.45, 7) is 4.15. The predicted molar refractivity (Wildman–Crippen MR) is 122 cm³/mol. The van der Waals surface area contributed by atoms with E-state index in [9.17, 15) is 8.42 Å². The molecule has 0 spiro atoms. The molecule has 8 nitrogen and oxygen atoms in total. The van der Waals surface area contributed by atoms with E-state index in [2.05, 4.69) is 19.2 Å². The first-order valence-corrected chi connectivity index (χ1v) is 12.8. The summed E-state index contributed by atoms with van der Waals surface area (Å²) in [5.74, 6) is 2.33. The summed E-state index contributed by atoms with van der Waals surface area (Å²) in [4.78, 5) is 11.5. The molecule has 2 saturated heterocycles. The van der Waals surface area contributed by atoms with Crippen molar-refractivity contribution in [1.29, 1.82) is 0 Å². The maximum atomic E-state index is 11.4. The zero-order valence-corrected chi connectivity index (χ0v) is 19.2. The third kappa shape index (κ3) is 4.70. The van der Waals surface area contributed by atoms with Crippen molar-refractivity contribution in [2.45, 2.75) is 30.6 Å². The normalized spacial score (nSPS) is 19.3. The van der Waals surface area contributed by atoms with Crippen molar-refractivity contribution in [3.05, 3.63) is 24.3 Å². The number of piperidine rings is 2. The molecule has 164 valence electrons. The quantitative estimate of drug-likeness (QED) is 0.747. The van der Waals surface area contributed by atoms with Crippen LogP contribution in [0.15, 0.2) is 29.2 Å². The van der Waals surface area contributed by atoms with E-state index in [4.69, 9.17) is 5.14 Å². The Morgan fingerprint density at radius 3 is 1.97 bits per heavy atom. The number of nitrogens with zero attached hydrogens (tertiary/aromatic N) is 5. The van der Waals surface area contributed by atoms with Gasteiger partial charge in [-0.2, -0.15) is 9.36 Å². The first-order valence-electron chi connectivity index (χ1n) is 10.4. The Kier molecular flexibility index (Phi) is 6.17. The molecule has 0 unspecified atom stereocenters. The SMILES string of the molecule is CN(C)c1nsc(N2CCC(C3CCN(c4ccc(S(N)(=O)=O)cc4)CC3)CC2)n1. The number of aromatic nitrogens is 2. The first kappa shape index (κ1) is 21.3. The fraction of sp³-hybridized carbons (Fsp3) is 0.600. The van der Waals surface area contributed by atoms with Crippen molar-refractivity contribution in [2.75, 3.05) is 55.0 Å². The molecule has 0 radical (unpaired) electrons. The first-order chi connectivity index (χ1) is 14.3. The highest BCUT2D eigenvalue weighted by Crippen LogP contribution is 2.35. The summed E-state index contributed by atoms with van der Waals surface area (Å²) in [6.07, 6.45) is 4.80. The van der Waals surface area contributed by atoms with Crippen LogP contribution in [0.4, 0.5) is 16.8 Å². The Balaban J connectivity index is 1.28. The number of hydrogen-bond acceptors (Lipinski definition) is 8. The topological polar surface area (TPSA) is 95.7 Å². The minimum atomic E-state index is -3.63. The molecule has 3 heterocycles. The van der Waals surface area contributed by atoms with E-state index >= 15 is 0 Å². The Bertz CT molecular complexity index is 944. The second-order valence-electron chi connectivity index (χ2n) is 8.46. The van der Waals surface area contributed by atoms with Crippen molar-refractivity contribution in [3.8, 4) is 0 Å². The number of primary sulfonamides is 1. The van der Waals surface area contributed by atoms with Gasteiger partial charge in [0.2, 0.25) is 21.1 Å². The molecule has 1 aromatic heterocycles. The molecule has 0 bridgehead atoms. The van der Waals surface area contributed by atoms with Gasteiger partial charge < -0.3 is 14.7 Å². The van der Waals surface area contributed by atoms with Crippen LogP contribution in [0.2, 0.25) is 0 Å². The van der Waals surface area contributed by atoms with Gasteiger partial charge in [-0.1, -0.05) is 0 Å². The lowest BCUT2D eigenvalue weighted by atomic mass is 9.79. The van der Waals surface area contributed by atoms with Gasteiger partial charge in [0.25, 0.3) is 0 Å². The largest absolute Gasteiger partial charge is 0.372 e. The summed E-state index contributed by atoms with van der Waals surface area (Å²) in [7, 11) is 0.309. The molecule has 2 aliphatic heterocycles. The van der Waals surface area contributed by atoms with Crippen molar-refractivity contribution in [3.63, 3.8) is 0 Å². The van der Waals surface area contributed by atoms with Crippen molar-refractivity contribution >= 4 is 38.3 Å². The summed E-state index contributed by atoms with van der Waals surface area (Å²) in [6, 6.07) is 6.93. The third-order valence-electron chi connectivity index (χ3n) is 6.35. The molecule has 0 aliphatic carbocycles. The van der Waals surface area contributed by atoms with Crippen molar-refractivity contribution in [1.82, 2.24) is 9.36 Å². The Labute approximate surface area is 182 Å². The number of hydrogen-bond donors (Lipinski definition) is 1. The highest BCUT2D eigenvalue weighted by Gasteiger charge is 2.30. The van der Waals surface area contributed by atoms with Gasteiger partial charge in [-0.15, -0.1) is 0 Å². The molecule has 10 heteroatoms. The number of rotatable bonds is 5. The predicted octanol–water partition coefficient (Wildman–Crippen LogP) is 2.38. The molecule has 0 saturated carbocycles. The van der Waals surface area contributed by atoms with Gasteiger partial charge in [-0.05, 0) is 61.8 Å². The molecule has 4 rings (SSSR count). The van der Waals surface area contributed by atoms with Crippen LogP contribution in [-0.2, 0) is 10.0 Å². The standard InChI is InChI=1S/C20H30N6O2S2/c1-24(2)19-22-20(29-23-19)26-13-9-16(10-14-26)15-7-11-25(12-8-15)17-3-5-18(6-4-17)30(21,27)28/h3-6,15-16H,7-14H2,1-2H3,(H2,21,27,28). The number of sulfonamides is 1. The Hall–Kier alpha value is -1.91. The monoisotopic (exact) mass is 450 g/mol. The van der Waals surface area contributed by atoms with Gasteiger partial charge in [0, 0.05) is 57.5 Å². The lowest BCUT2D eigenvalue weighted by Crippen LogP contribution is -2.41. The highest BCUT2D eigenvalue weighted by molar-refractivity contribution is 7.89. The summed E-state index contributed by atoms with van der Waals surface area (Å²) < 4.78 is 27.3. The van der Waals surface area contributed by atoms with Gasteiger partial charge >= 0.3 is 0 Å². The molecule has 2 aliphatic rings. The van der Waals surface area contributed by atoms with Gasteiger partial charge in [-0.3, -0.25) is 0 Å². The van der Waals surface area contributed by atoms with Crippen LogP contribution in [-0.4, -0.2) is 58.0 Å². The molecular weight excluding hydrogens is 420 g/mol. The van der Waals surface area contributed by atoms with E-state index in [1.54, 1.807) is 12.1 Å². The lowest BCUT2D eigenvalue weighted by molar-refractivity contribution is 0.233. The smallest absolute Gasteiger partial charge is 0.238 e. The van der Waals surface area contributed by atoms with Crippen LogP contribution in [0.1, 0.15) is 25.7 Å². The number of nitrogens with two attached hydrogens (primary N) is 1. The second-order valence-corrected chi connectivity index (χ2v) is 10.8. The third-order valence-corrected chi connectivity index (χ3v) is 8.05. The molecule has 2 aromatic rings. The molecule has 0 amide bonds. The molecule has 0 atom stereocenters. The number of benzene rings is 1. The van der Waals surface area contributed by atoms with E-state index in [1.165, 1.54) is 37.2 Å².